The van der Waals surface area contributed by atoms with Crippen molar-refractivity contribution in [3.8, 4) is 0 Å². The van der Waals surface area contributed by atoms with Crippen LogP contribution in [0.5, 0.6) is 0 Å². The average Bonchev–Trinajstić information content (AvgIpc) is 2.38. The summed E-state index contributed by atoms with van der Waals surface area (Å²) in [6.45, 7) is 4.29. The molecular weight excluding hydrogens is 230 g/mol. The van der Waals surface area contributed by atoms with E-state index in [4.69, 9.17) is 0 Å². The van der Waals surface area contributed by atoms with Crippen molar-refractivity contribution in [1.82, 2.24) is 9.97 Å². The minimum absolute atomic E-state index is 0.0864. The Hall–Kier alpha value is -1.65. The molecule has 1 heterocycles. The fourth-order valence-corrected chi connectivity index (χ4v) is 1.65. The zero-order valence-corrected chi connectivity index (χ0v) is 11.3. The minimum atomic E-state index is -0.516. The molecule has 100 valence electrons. The molecule has 5 nitrogen and oxygen atoms in total. The molecule has 1 aromatic heterocycles. The Morgan fingerprint density at radius 1 is 1.50 bits per heavy atom. The maximum atomic E-state index is 11.3. The number of carbonyl (C=O) groups is 1. The lowest BCUT2D eigenvalue weighted by molar-refractivity contribution is 0.0587. The molecule has 5 heteroatoms. The molecule has 0 saturated carbocycles. The second kappa shape index (κ2) is 7.63. The van der Waals surface area contributed by atoms with Crippen LogP contribution in [0.4, 0.5) is 5.82 Å². The number of rotatable bonds is 7. The number of ether oxygens (including phenoxy) is 1. The van der Waals surface area contributed by atoms with Crippen LogP contribution in [-0.2, 0) is 4.74 Å². The van der Waals surface area contributed by atoms with Crippen LogP contribution in [0.25, 0.3) is 0 Å². The van der Waals surface area contributed by atoms with Crippen LogP contribution in [0.3, 0.4) is 0 Å². The summed E-state index contributed by atoms with van der Waals surface area (Å²) >= 11 is 0. The standard InChI is InChI=1S/C13H21N3O2/c1-4-5-6-7-10(2)15-11-8-9-14-12(16-11)13(17)18-3/h8-10H,4-7H2,1-3H3,(H,14,15,16). The first-order valence-electron chi connectivity index (χ1n) is 6.35. The van der Waals surface area contributed by atoms with Crippen LogP contribution in [0.2, 0.25) is 0 Å². The van der Waals surface area contributed by atoms with Gasteiger partial charge in [-0.15, -0.1) is 0 Å². The molecule has 0 spiro atoms. The van der Waals surface area contributed by atoms with Gasteiger partial charge in [0.15, 0.2) is 0 Å². The lowest BCUT2D eigenvalue weighted by Crippen LogP contribution is -2.17. The van der Waals surface area contributed by atoms with Crippen molar-refractivity contribution >= 4 is 11.8 Å². The van der Waals surface area contributed by atoms with Crippen LogP contribution < -0.4 is 5.32 Å². The van der Waals surface area contributed by atoms with E-state index in [0.29, 0.717) is 11.9 Å². The SMILES string of the molecule is CCCCCC(C)Nc1ccnc(C(=O)OC)n1. The molecule has 0 aliphatic rings. The molecule has 0 amide bonds. The van der Waals surface area contributed by atoms with Gasteiger partial charge >= 0.3 is 5.97 Å². The third-order valence-electron chi connectivity index (χ3n) is 2.66. The zero-order valence-electron chi connectivity index (χ0n) is 11.3. The smallest absolute Gasteiger partial charge is 0.376 e. The van der Waals surface area contributed by atoms with Gasteiger partial charge in [-0.1, -0.05) is 26.2 Å². The first-order chi connectivity index (χ1) is 8.67. The van der Waals surface area contributed by atoms with Gasteiger partial charge in [-0.3, -0.25) is 0 Å². The summed E-state index contributed by atoms with van der Waals surface area (Å²) in [6, 6.07) is 2.08. The fraction of sp³-hybridized carbons (Fsp3) is 0.615. The Kier molecular flexibility index (Phi) is 6.11. The monoisotopic (exact) mass is 251 g/mol. The average molecular weight is 251 g/mol. The molecule has 1 unspecified atom stereocenters. The van der Waals surface area contributed by atoms with E-state index >= 15 is 0 Å². The Balaban J connectivity index is 2.53. The van der Waals surface area contributed by atoms with Gasteiger partial charge < -0.3 is 10.1 Å². The number of anilines is 1. The van der Waals surface area contributed by atoms with Gasteiger partial charge in [-0.2, -0.15) is 0 Å². The van der Waals surface area contributed by atoms with E-state index in [2.05, 4.69) is 33.9 Å². The van der Waals surface area contributed by atoms with Gasteiger partial charge in [0.1, 0.15) is 5.82 Å². The van der Waals surface area contributed by atoms with Crippen LogP contribution >= 0.6 is 0 Å². The van der Waals surface area contributed by atoms with E-state index in [1.165, 1.54) is 26.4 Å². The molecule has 0 aliphatic carbocycles. The molecular formula is C13H21N3O2. The second-order valence-electron chi connectivity index (χ2n) is 4.30. The van der Waals surface area contributed by atoms with Crippen LogP contribution in [0.1, 0.15) is 50.1 Å². The second-order valence-corrected chi connectivity index (χ2v) is 4.30. The van der Waals surface area contributed by atoms with Crippen molar-refractivity contribution in [2.24, 2.45) is 0 Å². The Morgan fingerprint density at radius 3 is 2.94 bits per heavy atom. The molecule has 1 N–H and O–H groups in total. The normalized spacial score (nSPS) is 11.9. The maximum Gasteiger partial charge on any atom is 0.376 e. The number of nitrogens with one attached hydrogen (secondary N) is 1. The molecule has 0 saturated heterocycles. The third kappa shape index (κ3) is 4.69. The number of hydrogen-bond donors (Lipinski definition) is 1. The number of carbonyl (C=O) groups excluding carboxylic acids is 1. The van der Waals surface area contributed by atoms with Crippen LogP contribution in [0, 0.1) is 0 Å². The first-order valence-corrected chi connectivity index (χ1v) is 6.35. The van der Waals surface area contributed by atoms with Crippen molar-refractivity contribution < 1.29 is 9.53 Å². The highest BCUT2D eigenvalue weighted by molar-refractivity contribution is 5.85. The van der Waals surface area contributed by atoms with E-state index in [9.17, 15) is 4.79 Å². The van der Waals surface area contributed by atoms with Gasteiger partial charge in [0.25, 0.3) is 0 Å². The van der Waals surface area contributed by atoms with Crippen LogP contribution in [-0.4, -0.2) is 29.1 Å². The summed E-state index contributed by atoms with van der Waals surface area (Å²) < 4.78 is 4.58. The van der Waals surface area contributed by atoms with Crippen LogP contribution in [0.15, 0.2) is 12.3 Å². The predicted octanol–water partition coefficient (Wildman–Crippen LogP) is 2.64. The van der Waals surface area contributed by atoms with E-state index in [1.54, 1.807) is 12.3 Å². The number of hydrogen-bond acceptors (Lipinski definition) is 5. The lowest BCUT2D eigenvalue weighted by atomic mass is 10.1. The highest BCUT2D eigenvalue weighted by Gasteiger charge is 2.10. The lowest BCUT2D eigenvalue weighted by Gasteiger charge is -2.14. The van der Waals surface area contributed by atoms with Gasteiger partial charge in [-0.25, -0.2) is 14.8 Å². The maximum absolute atomic E-state index is 11.3. The summed E-state index contributed by atoms with van der Waals surface area (Å²) in [6.07, 6.45) is 6.29. The van der Waals surface area contributed by atoms with Gasteiger partial charge in [0.2, 0.25) is 5.82 Å². The molecule has 0 aromatic carbocycles. The van der Waals surface area contributed by atoms with Crippen molar-refractivity contribution in [3.05, 3.63) is 18.1 Å². The fourth-order valence-electron chi connectivity index (χ4n) is 1.65. The largest absolute Gasteiger partial charge is 0.463 e. The molecule has 0 bridgehead atoms. The molecule has 0 radical (unpaired) electrons. The molecule has 1 rings (SSSR count). The predicted molar refractivity (Wildman–Crippen MR) is 70.6 cm³/mol. The molecule has 0 fully saturated rings. The quantitative estimate of drug-likeness (QED) is 0.596. The van der Waals surface area contributed by atoms with Gasteiger partial charge in [-0.05, 0) is 19.4 Å². The summed E-state index contributed by atoms with van der Waals surface area (Å²) in [4.78, 5) is 19.3. The molecule has 1 atom stereocenters. The molecule has 18 heavy (non-hydrogen) atoms. The number of nitrogens with zero attached hydrogens (tertiary/aromatic N) is 2. The summed E-state index contributed by atoms with van der Waals surface area (Å²) in [5.74, 6) is 0.231. The van der Waals surface area contributed by atoms with E-state index < -0.39 is 5.97 Å². The zero-order chi connectivity index (χ0) is 13.4. The van der Waals surface area contributed by atoms with Crippen molar-refractivity contribution in [3.63, 3.8) is 0 Å². The van der Waals surface area contributed by atoms with Gasteiger partial charge in [0.05, 0.1) is 7.11 Å². The van der Waals surface area contributed by atoms with Crippen molar-refractivity contribution in [1.29, 1.82) is 0 Å². The number of aromatic nitrogens is 2. The van der Waals surface area contributed by atoms with Crippen molar-refractivity contribution in [2.75, 3.05) is 12.4 Å². The highest BCUT2D eigenvalue weighted by atomic mass is 16.5. The number of methoxy groups -OCH3 is 1. The molecule has 0 aliphatic heterocycles. The number of unbranched alkanes of at least 4 members (excludes halogenated alkanes) is 2. The molecule has 1 aromatic rings. The number of esters is 1. The minimum Gasteiger partial charge on any atom is -0.463 e. The topological polar surface area (TPSA) is 64.1 Å². The Labute approximate surface area is 108 Å². The Bertz CT molecular complexity index is 382. The summed E-state index contributed by atoms with van der Waals surface area (Å²) in [5, 5.41) is 3.26. The third-order valence-corrected chi connectivity index (χ3v) is 2.66. The Morgan fingerprint density at radius 2 is 2.28 bits per heavy atom. The summed E-state index contributed by atoms with van der Waals surface area (Å²) in [5.41, 5.74) is 0. The van der Waals surface area contributed by atoms with E-state index in [1.807, 2.05) is 0 Å². The van der Waals surface area contributed by atoms with E-state index in [0.717, 1.165) is 6.42 Å². The first kappa shape index (κ1) is 14.4. The van der Waals surface area contributed by atoms with E-state index in [-0.39, 0.29) is 5.82 Å². The summed E-state index contributed by atoms with van der Waals surface area (Å²) in [7, 11) is 1.32. The van der Waals surface area contributed by atoms with Crippen molar-refractivity contribution in [2.45, 2.75) is 45.6 Å². The van der Waals surface area contributed by atoms with Gasteiger partial charge in [0, 0.05) is 12.2 Å². The highest BCUT2D eigenvalue weighted by Crippen LogP contribution is 2.09.